The monoisotopic (exact) mass is 275 g/mol. The van der Waals surface area contributed by atoms with E-state index in [-0.39, 0.29) is 5.60 Å². The molecule has 1 saturated heterocycles. The lowest BCUT2D eigenvalue weighted by Gasteiger charge is -2.51. The topological polar surface area (TPSA) is 32.7 Å². The molecule has 0 spiro atoms. The van der Waals surface area contributed by atoms with Gasteiger partial charge in [0, 0.05) is 12.6 Å². The summed E-state index contributed by atoms with van der Waals surface area (Å²) in [5.41, 5.74) is 0.835. The van der Waals surface area contributed by atoms with Gasteiger partial charge in [-0.25, -0.2) is 0 Å². The molecule has 110 valence electrons. The third kappa shape index (κ3) is 2.33. The normalized spacial score (nSPS) is 34.7. The van der Waals surface area contributed by atoms with Gasteiger partial charge in [-0.2, -0.15) is 0 Å². The maximum Gasteiger partial charge on any atom is 0.115 e. The van der Waals surface area contributed by atoms with Crippen molar-refractivity contribution in [1.29, 1.82) is 0 Å². The fourth-order valence-electron chi connectivity index (χ4n) is 3.91. The Morgan fingerprint density at radius 3 is 2.90 bits per heavy atom. The molecule has 1 N–H and O–H groups in total. The van der Waals surface area contributed by atoms with Gasteiger partial charge in [-0.1, -0.05) is 31.9 Å². The third-order valence-corrected chi connectivity index (χ3v) is 5.06. The molecule has 3 heteroatoms. The van der Waals surface area contributed by atoms with Crippen LogP contribution in [0.5, 0.6) is 5.75 Å². The number of fused-ring (bicyclic) bond motifs is 1. The Morgan fingerprint density at radius 1 is 1.35 bits per heavy atom. The second-order valence-corrected chi connectivity index (χ2v) is 6.32. The number of hydrogen-bond acceptors (Lipinski definition) is 3. The van der Waals surface area contributed by atoms with E-state index in [4.69, 9.17) is 4.74 Å². The van der Waals surface area contributed by atoms with Gasteiger partial charge >= 0.3 is 0 Å². The number of aromatic hydroxyl groups is 1. The van der Waals surface area contributed by atoms with Crippen LogP contribution in [0.1, 0.15) is 44.6 Å². The maximum atomic E-state index is 9.78. The van der Waals surface area contributed by atoms with Crippen LogP contribution in [0.3, 0.4) is 0 Å². The van der Waals surface area contributed by atoms with E-state index in [0.717, 1.165) is 24.9 Å². The number of phenolic OH excluding ortho intramolecular Hbond substituents is 1. The SMILES string of the molecule is CCC1(c2cccc(O)c2)CN(C)C2CCCCC2O1. The minimum absolute atomic E-state index is 0.272. The van der Waals surface area contributed by atoms with Crippen molar-refractivity contribution in [2.45, 2.75) is 56.8 Å². The lowest BCUT2D eigenvalue weighted by atomic mass is 9.83. The molecular weight excluding hydrogens is 250 g/mol. The molecule has 1 aromatic rings. The van der Waals surface area contributed by atoms with Crippen LogP contribution in [0.15, 0.2) is 24.3 Å². The first kappa shape index (κ1) is 13.9. The van der Waals surface area contributed by atoms with Crippen molar-refractivity contribution >= 4 is 0 Å². The number of rotatable bonds is 2. The second kappa shape index (κ2) is 5.38. The Balaban J connectivity index is 1.93. The summed E-state index contributed by atoms with van der Waals surface area (Å²) in [6, 6.07) is 8.16. The number of likely N-dealkylation sites (N-methyl/N-ethyl adjacent to an activating group) is 1. The van der Waals surface area contributed by atoms with Gasteiger partial charge in [0.15, 0.2) is 0 Å². The number of benzene rings is 1. The van der Waals surface area contributed by atoms with Crippen LogP contribution in [-0.2, 0) is 10.3 Å². The highest BCUT2D eigenvalue weighted by atomic mass is 16.5. The highest BCUT2D eigenvalue weighted by Crippen LogP contribution is 2.41. The molecule has 3 nitrogen and oxygen atoms in total. The molecule has 3 rings (SSSR count). The lowest BCUT2D eigenvalue weighted by molar-refractivity contribution is -0.192. The minimum Gasteiger partial charge on any atom is -0.508 e. The molecule has 1 heterocycles. The van der Waals surface area contributed by atoms with E-state index in [0.29, 0.717) is 17.9 Å². The van der Waals surface area contributed by atoms with Crippen molar-refractivity contribution in [3.63, 3.8) is 0 Å². The Bertz CT molecular complexity index is 476. The van der Waals surface area contributed by atoms with E-state index in [1.165, 1.54) is 19.3 Å². The predicted octanol–water partition coefficient (Wildman–Crippen LogP) is 3.27. The summed E-state index contributed by atoms with van der Waals surface area (Å²) in [6.07, 6.45) is 6.28. The molecule has 0 bridgehead atoms. The summed E-state index contributed by atoms with van der Waals surface area (Å²) in [7, 11) is 2.22. The van der Waals surface area contributed by atoms with Crippen molar-refractivity contribution < 1.29 is 9.84 Å². The molecule has 0 amide bonds. The standard InChI is InChI=1S/C17H25NO2/c1-3-17(13-7-6-8-14(19)11-13)12-18(2)15-9-4-5-10-16(15)20-17/h6-8,11,15-16,19H,3-5,9-10,12H2,1-2H3. The second-order valence-electron chi connectivity index (χ2n) is 6.32. The quantitative estimate of drug-likeness (QED) is 0.899. The summed E-state index contributed by atoms with van der Waals surface area (Å²) in [4.78, 5) is 2.47. The molecule has 3 atom stereocenters. The van der Waals surface area contributed by atoms with Crippen molar-refractivity contribution in [1.82, 2.24) is 4.90 Å². The van der Waals surface area contributed by atoms with E-state index in [2.05, 4.69) is 24.9 Å². The molecule has 1 aliphatic heterocycles. The van der Waals surface area contributed by atoms with Gasteiger partial charge < -0.3 is 9.84 Å². The number of nitrogens with zero attached hydrogens (tertiary/aromatic N) is 1. The van der Waals surface area contributed by atoms with Crippen molar-refractivity contribution in [2.75, 3.05) is 13.6 Å². The van der Waals surface area contributed by atoms with Crippen LogP contribution in [0.25, 0.3) is 0 Å². The molecule has 1 aromatic carbocycles. The van der Waals surface area contributed by atoms with Gasteiger partial charge in [0.2, 0.25) is 0 Å². The molecular formula is C17H25NO2. The van der Waals surface area contributed by atoms with Crippen LogP contribution in [0.2, 0.25) is 0 Å². The number of phenols is 1. The van der Waals surface area contributed by atoms with E-state index in [1.807, 2.05) is 12.1 Å². The Labute approximate surface area is 121 Å². The van der Waals surface area contributed by atoms with Crippen LogP contribution in [0, 0.1) is 0 Å². The summed E-state index contributed by atoms with van der Waals surface area (Å²) in [6.45, 7) is 3.09. The van der Waals surface area contributed by atoms with Crippen LogP contribution in [-0.4, -0.2) is 35.7 Å². The van der Waals surface area contributed by atoms with Crippen LogP contribution < -0.4 is 0 Å². The van der Waals surface area contributed by atoms with Crippen LogP contribution >= 0.6 is 0 Å². The Kier molecular flexibility index (Phi) is 3.74. The Hall–Kier alpha value is -1.06. The van der Waals surface area contributed by atoms with Crippen molar-refractivity contribution in [3.8, 4) is 5.75 Å². The lowest BCUT2D eigenvalue weighted by Crippen LogP contribution is -2.58. The van der Waals surface area contributed by atoms with Gasteiger partial charge in [0.05, 0.1) is 6.10 Å². The first-order chi connectivity index (χ1) is 9.64. The van der Waals surface area contributed by atoms with Gasteiger partial charge in [0.25, 0.3) is 0 Å². The summed E-state index contributed by atoms with van der Waals surface area (Å²) < 4.78 is 6.59. The number of hydrogen-bond donors (Lipinski definition) is 1. The molecule has 2 fully saturated rings. The van der Waals surface area contributed by atoms with E-state index in [9.17, 15) is 5.11 Å². The third-order valence-electron chi connectivity index (χ3n) is 5.06. The number of morpholine rings is 1. The van der Waals surface area contributed by atoms with Gasteiger partial charge in [-0.15, -0.1) is 0 Å². The molecule has 3 unspecified atom stereocenters. The highest BCUT2D eigenvalue weighted by molar-refractivity contribution is 5.32. The average molecular weight is 275 g/mol. The largest absolute Gasteiger partial charge is 0.508 e. The molecule has 0 radical (unpaired) electrons. The predicted molar refractivity (Wildman–Crippen MR) is 79.8 cm³/mol. The average Bonchev–Trinajstić information content (AvgIpc) is 2.47. The first-order valence-electron chi connectivity index (χ1n) is 7.82. The van der Waals surface area contributed by atoms with E-state index >= 15 is 0 Å². The van der Waals surface area contributed by atoms with Crippen molar-refractivity contribution in [3.05, 3.63) is 29.8 Å². The van der Waals surface area contributed by atoms with Gasteiger partial charge in [-0.05, 0) is 44.0 Å². The zero-order valence-corrected chi connectivity index (χ0v) is 12.5. The number of ether oxygens (including phenoxy) is 1. The summed E-state index contributed by atoms with van der Waals surface area (Å²) >= 11 is 0. The maximum absolute atomic E-state index is 9.78. The molecule has 20 heavy (non-hydrogen) atoms. The fraction of sp³-hybridized carbons (Fsp3) is 0.647. The highest BCUT2D eigenvalue weighted by Gasteiger charge is 2.45. The first-order valence-corrected chi connectivity index (χ1v) is 7.82. The minimum atomic E-state index is -0.272. The molecule has 2 aliphatic rings. The zero-order chi connectivity index (χ0) is 14.2. The van der Waals surface area contributed by atoms with E-state index in [1.54, 1.807) is 6.07 Å². The zero-order valence-electron chi connectivity index (χ0n) is 12.5. The van der Waals surface area contributed by atoms with Gasteiger partial charge in [0.1, 0.15) is 11.4 Å². The smallest absolute Gasteiger partial charge is 0.115 e. The summed E-state index contributed by atoms with van der Waals surface area (Å²) in [5.74, 6) is 0.326. The van der Waals surface area contributed by atoms with Gasteiger partial charge in [-0.3, -0.25) is 4.90 Å². The summed E-state index contributed by atoms with van der Waals surface area (Å²) in [5, 5.41) is 9.78. The molecule has 1 saturated carbocycles. The van der Waals surface area contributed by atoms with E-state index < -0.39 is 0 Å². The molecule has 1 aliphatic carbocycles. The van der Waals surface area contributed by atoms with Crippen LogP contribution in [0.4, 0.5) is 0 Å². The fourth-order valence-corrected chi connectivity index (χ4v) is 3.91. The van der Waals surface area contributed by atoms with Crippen molar-refractivity contribution in [2.24, 2.45) is 0 Å². The Morgan fingerprint density at radius 2 is 2.15 bits per heavy atom. The molecule has 0 aromatic heterocycles.